The molecule has 3 nitrogen and oxygen atoms in total. The van der Waals surface area contributed by atoms with Crippen LogP contribution in [-0.2, 0) is 5.41 Å². The van der Waals surface area contributed by atoms with E-state index in [4.69, 9.17) is 0 Å². The van der Waals surface area contributed by atoms with Gasteiger partial charge >= 0.3 is 208 Å². The quantitative estimate of drug-likeness (QED) is 0.167. The zero-order chi connectivity index (χ0) is 22.0. The zero-order valence-electron chi connectivity index (χ0n) is 17.6. The fourth-order valence-corrected chi connectivity index (χ4v) is 10.7. The number of hydrogen-bond acceptors (Lipinski definition) is 3. The summed E-state index contributed by atoms with van der Waals surface area (Å²) in [5.74, 6) is -0.158. The van der Waals surface area contributed by atoms with Crippen molar-refractivity contribution in [2.45, 2.75) is 19.3 Å². The maximum atomic E-state index is 12.9. The monoisotopic (exact) mass is 649 g/mol. The van der Waals surface area contributed by atoms with Gasteiger partial charge in [0.15, 0.2) is 0 Å². The van der Waals surface area contributed by atoms with Crippen molar-refractivity contribution in [1.82, 2.24) is 0 Å². The van der Waals surface area contributed by atoms with Crippen LogP contribution in [0.5, 0.6) is 0 Å². The number of para-hydroxylation sites is 2. The van der Waals surface area contributed by atoms with Crippen LogP contribution in [0.1, 0.15) is 49.3 Å². The van der Waals surface area contributed by atoms with Gasteiger partial charge in [0.25, 0.3) is 0 Å². The molecule has 0 bridgehead atoms. The predicted molar refractivity (Wildman–Crippen MR) is 130 cm³/mol. The first-order valence-corrected chi connectivity index (χ1v) is 15.5. The molecule has 3 heterocycles. The van der Waals surface area contributed by atoms with Crippen LogP contribution in [0.4, 0.5) is 15.1 Å². The molecule has 0 atom stereocenters. The van der Waals surface area contributed by atoms with E-state index in [1.54, 1.807) is 0 Å². The Bertz CT molecular complexity index is 1410. The van der Waals surface area contributed by atoms with E-state index in [1.165, 1.54) is 20.5 Å². The van der Waals surface area contributed by atoms with E-state index in [1.807, 2.05) is 20.3 Å². The van der Waals surface area contributed by atoms with Gasteiger partial charge in [-0.05, 0) is 0 Å². The van der Waals surface area contributed by atoms with Gasteiger partial charge in [0.2, 0.25) is 0 Å². The van der Waals surface area contributed by atoms with Gasteiger partial charge in [-0.2, -0.15) is 0 Å². The summed E-state index contributed by atoms with van der Waals surface area (Å²) in [4.78, 5) is 28.1. The molecule has 0 unspecified atom stereocenters. The van der Waals surface area contributed by atoms with Crippen LogP contribution in [0.2, 0.25) is 0 Å². The molecule has 1 aliphatic carbocycles. The second-order valence-electron chi connectivity index (χ2n) is 8.60. The van der Waals surface area contributed by atoms with Gasteiger partial charge < -0.3 is 0 Å². The molecule has 32 heavy (non-hydrogen) atoms. The first-order valence-electron chi connectivity index (χ1n) is 10.4. The number of carbonyl (C=O) groups is 2. The number of Topliss-reactive ketones (excluding diaryl/α,β-unsaturated/α-hetero) is 2. The van der Waals surface area contributed by atoms with Crippen LogP contribution in [0.3, 0.4) is 0 Å². The van der Waals surface area contributed by atoms with Crippen molar-refractivity contribution in [2.75, 3.05) is 4.90 Å². The molecule has 2 aromatic heterocycles. The molecule has 2 aromatic carbocycles. The molecular formula is C27H19NO2Te2. The molecule has 2 aliphatic rings. The maximum absolute atomic E-state index is 12.9. The third-order valence-electron chi connectivity index (χ3n) is 6.37. The number of carbonyl (C=O) groups excluding carboxylic acids is 2. The standard InChI is InChI=1S/C27H19NO2Te2/c1-27(2)21-10-6-7-11-23(21)28(16-8-4-3-5-9-16)26-22(27)13-17(32-26)12-18-24(29)19-14-31-15-20(19)25(18)30/h3-15H,1-2H3. The Morgan fingerprint density at radius 2 is 1.50 bits per heavy atom. The van der Waals surface area contributed by atoms with E-state index in [0.29, 0.717) is 16.7 Å². The molecule has 0 saturated carbocycles. The summed E-state index contributed by atoms with van der Waals surface area (Å²) in [7, 11) is 0. The van der Waals surface area contributed by atoms with Crippen LogP contribution in [-0.4, -0.2) is 52.4 Å². The topological polar surface area (TPSA) is 37.4 Å². The van der Waals surface area contributed by atoms with Gasteiger partial charge in [-0.15, -0.1) is 0 Å². The van der Waals surface area contributed by atoms with Crippen molar-refractivity contribution in [3.8, 4) is 0 Å². The summed E-state index contributed by atoms with van der Waals surface area (Å²) in [5.41, 5.74) is 6.49. The third kappa shape index (κ3) is 2.93. The molecule has 5 heteroatoms. The molecule has 156 valence electrons. The van der Waals surface area contributed by atoms with Crippen LogP contribution >= 0.6 is 0 Å². The van der Waals surface area contributed by atoms with Crippen molar-refractivity contribution in [2.24, 2.45) is 0 Å². The van der Waals surface area contributed by atoms with Crippen LogP contribution in [0, 0.1) is 0 Å². The van der Waals surface area contributed by atoms with E-state index in [2.05, 4.69) is 73.3 Å². The summed E-state index contributed by atoms with van der Waals surface area (Å²) in [6, 6.07) is 21.4. The molecule has 0 radical (unpaired) electrons. The average molecular weight is 645 g/mol. The number of allylic oxidation sites excluding steroid dienone is 1. The van der Waals surface area contributed by atoms with Crippen molar-refractivity contribution in [3.63, 3.8) is 0 Å². The summed E-state index contributed by atoms with van der Waals surface area (Å²) in [5, 5.41) is 0. The van der Waals surface area contributed by atoms with Crippen molar-refractivity contribution >= 4 is 73.6 Å². The second kappa shape index (κ2) is 7.44. The van der Waals surface area contributed by atoms with E-state index in [-0.39, 0.29) is 17.0 Å². The molecule has 0 fully saturated rings. The van der Waals surface area contributed by atoms with Crippen molar-refractivity contribution in [1.29, 1.82) is 0 Å². The van der Waals surface area contributed by atoms with Gasteiger partial charge in [-0.3, -0.25) is 0 Å². The number of benzene rings is 2. The molecule has 4 aromatic rings. The summed E-state index contributed by atoms with van der Waals surface area (Å²) in [6.45, 7) is 4.55. The first kappa shape index (κ1) is 20.5. The van der Waals surface area contributed by atoms with E-state index >= 15 is 0 Å². The van der Waals surface area contributed by atoms with E-state index in [9.17, 15) is 9.59 Å². The Hall–Kier alpha value is -2.14. The number of nitrogens with zero attached hydrogens (tertiary/aromatic N) is 1. The van der Waals surface area contributed by atoms with Gasteiger partial charge in [0.05, 0.1) is 0 Å². The molecular weight excluding hydrogens is 626 g/mol. The fourth-order valence-electron chi connectivity index (χ4n) is 4.69. The van der Waals surface area contributed by atoms with E-state index in [0.717, 1.165) is 9.27 Å². The van der Waals surface area contributed by atoms with Crippen LogP contribution < -0.4 is 4.90 Å². The normalized spacial score (nSPS) is 16.1. The van der Waals surface area contributed by atoms with Crippen LogP contribution in [0.15, 0.2) is 74.4 Å². The number of anilines is 3. The number of rotatable bonds is 2. The molecule has 0 N–H and O–H groups in total. The Morgan fingerprint density at radius 3 is 2.22 bits per heavy atom. The third-order valence-corrected chi connectivity index (χ3v) is 11.5. The van der Waals surface area contributed by atoms with Gasteiger partial charge in [0, 0.05) is 0 Å². The zero-order valence-corrected chi connectivity index (χ0v) is 22.2. The van der Waals surface area contributed by atoms with Crippen molar-refractivity contribution in [3.05, 3.63) is 100 Å². The minimum absolute atomic E-state index is 0.0791. The molecule has 1 aliphatic heterocycles. The number of fused-ring (bicyclic) bond motifs is 3. The summed E-state index contributed by atoms with van der Waals surface area (Å²) in [6.07, 6.45) is 1.90. The Kier molecular flexibility index (Phi) is 4.76. The number of ketones is 2. The molecule has 0 amide bonds. The Balaban J connectivity index is 1.54. The summed E-state index contributed by atoms with van der Waals surface area (Å²) >= 11 is -1.24. The van der Waals surface area contributed by atoms with Crippen LogP contribution in [0.25, 0.3) is 6.08 Å². The second-order valence-corrected chi connectivity index (χ2v) is 13.8. The van der Waals surface area contributed by atoms with E-state index < -0.39 is 40.9 Å². The summed E-state index contributed by atoms with van der Waals surface area (Å²) < 4.78 is 6.50. The SMILES string of the molecule is CC1(C)c2ccccc2N(c2ccccc2)c2[te]c(C=C3C(=O)c4c[te]cc4C3=O)cc21. The number of hydrogen-bond donors (Lipinski definition) is 0. The van der Waals surface area contributed by atoms with Gasteiger partial charge in [0.1, 0.15) is 0 Å². The Labute approximate surface area is 206 Å². The van der Waals surface area contributed by atoms with Gasteiger partial charge in [-0.25, -0.2) is 0 Å². The van der Waals surface area contributed by atoms with Crippen molar-refractivity contribution < 1.29 is 9.59 Å². The predicted octanol–water partition coefficient (Wildman–Crippen LogP) is 5.37. The molecule has 0 saturated heterocycles. The average Bonchev–Trinajstić information content (AvgIpc) is 3.50. The minimum atomic E-state index is -0.781. The Morgan fingerprint density at radius 1 is 0.844 bits per heavy atom. The van der Waals surface area contributed by atoms with Gasteiger partial charge in [-0.1, -0.05) is 0 Å². The fraction of sp³-hybridized carbons (Fsp3) is 0.111. The molecule has 6 rings (SSSR count). The molecule has 0 spiro atoms. The first-order chi connectivity index (χ1) is 15.5.